The van der Waals surface area contributed by atoms with Crippen LogP contribution in [-0.2, 0) is 9.53 Å². The van der Waals surface area contributed by atoms with Gasteiger partial charge in [0, 0.05) is 18.6 Å². The first-order valence-electron chi connectivity index (χ1n) is 7.05. The highest BCUT2D eigenvalue weighted by Gasteiger charge is 2.43. The van der Waals surface area contributed by atoms with Crippen LogP contribution in [0.1, 0.15) is 52.4 Å². The minimum absolute atomic E-state index is 0.0922. The monoisotopic (exact) mass is 239 g/mol. The maximum Gasteiger partial charge on any atom is 0.149 e. The van der Waals surface area contributed by atoms with Gasteiger partial charge in [-0.25, -0.2) is 0 Å². The highest BCUT2D eigenvalue weighted by Crippen LogP contribution is 2.44. The molecule has 3 nitrogen and oxygen atoms in total. The first kappa shape index (κ1) is 13.0. The number of ketones is 1. The normalized spacial score (nSPS) is 28.7. The van der Waals surface area contributed by atoms with Crippen LogP contribution in [0.5, 0.6) is 0 Å². The maximum absolute atomic E-state index is 12.1. The lowest BCUT2D eigenvalue weighted by Gasteiger charge is -2.46. The minimum Gasteiger partial charge on any atom is -0.375 e. The smallest absolute Gasteiger partial charge is 0.149 e. The fourth-order valence-electron chi connectivity index (χ4n) is 2.79. The Morgan fingerprint density at radius 2 is 2.29 bits per heavy atom. The lowest BCUT2D eigenvalue weighted by Crippen LogP contribution is -2.48. The fraction of sp³-hybridized carbons (Fsp3) is 0.929. The summed E-state index contributed by atoms with van der Waals surface area (Å²) in [7, 11) is 0. The Bertz CT molecular complexity index is 273. The van der Waals surface area contributed by atoms with E-state index in [-0.39, 0.29) is 11.5 Å². The molecule has 2 atom stereocenters. The minimum atomic E-state index is 0.0922. The van der Waals surface area contributed by atoms with Crippen molar-refractivity contribution in [2.45, 2.75) is 64.0 Å². The molecular weight excluding hydrogens is 214 g/mol. The predicted molar refractivity (Wildman–Crippen MR) is 68.0 cm³/mol. The van der Waals surface area contributed by atoms with Crippen molar-refractivity contribution >= 4 is 5.78 Å². The van der Waals surface area contributed by atoms with Crippen LogP contribution in [-0.4, -0.2) is 30.6 Å². The van der Waals surface area contributed by atoms with Crippen molar-refractivity contribution in [3.05, 3.63) is 0 Å². The van der Waals surface area contributed by atoms with Crippen molar-refractivity contribution in [2.75, 3.05) is 13.2 Å². The number of carbonyl (C=O) groups excluding carboxylic acids is 1. The van der Waals surface area contributed by atoms with Crippen LogP contribution in [0.4, 0.5) is 0 Å². The van der Waals surface area contributed by atoms with Gasteiger partial charge in [0.05, 0.1) is 12.1 Å². The molecule has 2 aliphatic rings. The number of nitrogens with one attached hydrogen (secondary N) is 1. The van der Waals surface area contributed by atoms with E-state index in [4.69, 9.17) is 4.74 Å². The SMILES string of the molecule is CCC(C)NCC(=O)C1CCOC2(CCC2)C1. The molecule has 0 aromatic carbocycles. The number of Topliss-reactive ketones (excluding diaryl/α,β-unsaturated/α-hetero) is 1. The van der Waals surface area contributed by atoms with Gasteiger partial charge in [-0.3, -0.25) is 4.79 Å². The molecule has 2 unspecified atom stereocenters. The molecular formula is C14H25NO2. The van der Waals surface area contributed by atoms with Crippen molar-refractivity contribution in [3.8, 4) is 0 Å². The van der Waals surface area contributed by atoms with Crippen LogP contribution in [0, 0.1) is 5.92 Å². The molecule has 2 rings (SSSR count). The Morgan fingerprint density at radius 3 is 2.88 bits per heavy atom. The van der Waals surface area contributed by atoms with Gasteiger partial charge in [0.1, 0.15) is 5.78 Å². The molecule has 3 heteroatoms. The molecule has 98 valence electrons. The number of carbonyl (C=O) groups is 1. The summed E-state index contributed by atoms with van der Waals surface area (Å²) in [5, 5.41) is 3.30. The van der Waals surface area contributed by atoms with Gasteiger partial charge in [0.25, 0.3) is 0 Å². The summed E-state index contributed by atoms with van der Waals surface area (Å²) in [6.45, 7) is 5.58. The standard InChI is InChI=1S/C14H25NO2/c1-3-11(2)15-10-13(16)12-5-8-17-14(9-12)6-4-7-14/h11-12,15H,3-10H2,1-2H3. The van der Waals surface area contributed by atoms with E-state index in [0.717, 1.165) is 38.7 Å². The van der Waals surface area contributed by atoms with Crippen molar-refractivity contribution in [3.63, 3.8) is 0 Å². The molecule has 0 radical (unpaired) electrons. The summed E-state index contributed by atoms with van der Waals surface area (Å²) in [6, 6.07) is 0.441. The summed E-state index contributed by atoms with van der Waals surface area (Å²) >= 11 is 0. The predicted octanol–water partition coefficient (Wildman–Crippen LogP) is 2.29. The maximum atomic E-state index is 12.1. The summed E-state index contributed by atoms with van der Waals surface area (Å²) in [6.07, 6.45) is 6.55. The summed E-state index contributed by atoms with van der Waals surface area (Å²) in [5.74, 6) is 0.625. The topological polar surface area (TPSA) is 38.3 Å². The van der Waals surface area contributed by atoms with E-state index in [0.29, 0.717) is 18.4 Å². The molecule has 0 amide bonds. The second-order valence-corrected chi connectivity index (χ2v) is 5.73. The highest BCUT2D eigenvalue weighted by atomic mass is 16.5. The van der Waals surface area contributed by atoms with Gasteiger partial charge in [0.2, 0.25) is 0 Å². The van der Waals surface area contributed by atoms with Crippen molar-refractivity contribution in [1.82, 2.24) is 5.32 Å². The van der Waals surface area contributed by atoms with E-state index >= 15 is 0 Å². The lowest BCUT2D eigenvalue weighted by atomic mass is 9.71. The second-order valence-electron chi connectivity index (χ2n) is 5.73. The van der Waals surface area contributed by atoms with Gasteiger partial charge in [-0.15, -0.1) is 0 Å². The average molecular weight is 239 g/mol. The molecule has 17 heavy (non-hydrogen) atoms. The Morgan fingerprint density at radius 1 is 1.53 bits per heavy atom. The number of hydrogen-bond donors (Lipinski definition) is 1. The zero-order valence-electron chi connectivity index (χ0n) is 11.1. The Hall–Kier alpha value is -0.410. The lowest BCUT2D eigenvalue weighted by molar-refractivity contribution is -0.155. The van der Waals surface area contributed by atoms with Gasteiger partial charge >= 0.3 is 0 Å². The Kier molecular flexibility index (Phi) is 4.21. The molecule has 1 spiro atoms. The molecule has 0 aromatic heterocycles. The van der Waals surface area contributed by atoms with Gasteiger partial charge in [-0.05, 0) is 45.4 Å². The number of rotatable bonds is 5. The van der Waals surface area contributed by atoms with E-state index in [2.05, 4.69) is 19.2 Å². The first-order chi connectivity index (χ1) is 8.15. The summed E-state index contributed by atoms with van der Waals surface area (Å²) < 4.78 is 5.86. The molecule has 1 aliphatic carbocycles. The van der Waals surface area contributed by atoms with Crippen LogP contribution in [0.25, 0.3) is 0 Å². The van der Waals surface area contributed by atoms with E-state index < -0.39 is 0 Å². The van der Waals surface area contributed by atoms with Crippen molar-refractivity contribution in [1.29, 1.82) is 0 Å². The molecule has 0 bridgehead atoms. The number of ether oxygens (including phenoxy) is 1. The third kappa shape index (κ3) is 3.08. The van der Waals surface area contributed by atoms with Crippen LogP contribution in [0.15, 0.2) is 0 Å². The van der Waals surface area contributed by atoms with Gasteiger partial charge in [-0.2, -0.15) is 0 Å². The second kappa shape index (κ2) is 5.49. The average Bonchev–Trinajstić information content (AvgIpc) is 2.33. The Balaban J connectivity index is 1.78. The van der Waals surface area contributed by atoms with Gasteiger partial charge in [0.15, 0.2) is 0 Å². The van der Waals surface area contributed by atoms with Crippen molar-refractivity contribution in [2.24, 2.45) is 5.92 Å². The fourth-order valence-corrected chi connectivity index (χ4v) is 2.79. The molecule has 2 fully saturated rings. The van der Waals surface area contributed by atoms with Crippen LogP contribution in [0.2, 0.25) is 0 Å². The van der Waals surface area contributed by atoms with Crippen LogP contribution in [0.3, 0.4) is 0 Å². The Labute approximate surface area is 104 Å². The highest BCUT2D eigenvalue weighted by molar-refractivity contribution is 5.83. The summed E-state index contributed by atoms with van der Waals surface area (Å²) in [5.41, 5.74) is 0.0922. The van der Waals surface area contributed by atoms with E-state index in [1.165, 1.54) is 6.42 Å². The molecule has 1 saturated carbocycles. The zero-order valence-corrected chi connectivity index (χ0v) is 11.1. The third-order valence-electron chi connectivity index (χ3n) is 4.45. The molecule has 1 aliphatic heterocycles. The quantitative estimate of drug-likeness (QED) is 0.800. The molecule has 1 saturated heterocycles. The van der Waals surface area contributed by atoms with E-state index in [9.17, 15) is 4.79 Å². The van der Waals surface area contributed by atoms with Crippen LogP contribution < -0.4 is 5.32 Å². The van der Waals surface area contributed by atoms with Crippen molar-refractivity contribution < 1.29 is 9.53 Å². The van der Waals surface area contributed by atoms with Gasteiger partial charge in [-0.1, -0.05) is 6.92 Å². The van der Waals surface area contributed by atoms with E-state index in [1.807, 2.05) is 0 Å². The first-order valence-corrected chi connectivity index (χ1v) is 7.05. The summed E-state index contributed by atoms with van der Waals surface area (Å²) in [4.78, 5) is 12.1. The molecule has 0 aromatic rings. The molecule has 1 heterocycles. The largest absolute Gasteiger partial charge is 0.375 e. The van der Waals surface area contributed by atoms with Crippen LogP contribution >= 0.6 is 0 Å². The number of hydrogen-bond acceptors (Lipinski definition) is 3. The zero-order chi connectivity index (χ0) is 12.3. The van der Waals surface area contributed by atoms with Gasteiger partial charge < -0.3 is 10.1 Å². The van der Waals surface area contributed by atoms with E-state index in [1.54, 1.807) is 0 Å². The molecule has 1 N–H and O–H groups in total. The third-order valence-corrected chi connectivity index (χ3v) is 4.45.